The molecule has 0 unspecified atom stereocenters. The number of alkyl halides is 3. The van der Waals surface area contributed by atoms with Crippen LogP contribution in [0.2, 0.25) is 5.02 Å². The molecular weight excluding hydrogens is 432 g/mol. The first kappa shape index (κ1) is 24.0. The second-order valence-electron chi connectivity index (χ2n) is 6.07. The third-order valence-electron chi connectivity index (χ3n) is 4.19. The normalized spacial score (nSPS) is 11.9. The number of anilines is 1. The fraction of sp³-hybridized carbons (Fsp3) is 0.421. The molecule has 0 saturated carbocycles. The first-order valence-electron chi connectivity index (χ1n) is 8.92. The molecule has 1 aromatic carbocycles. The summed E-state index contributed by atoms with van der Waals surface area (Å²) >= 11 is 5.86. The van der Waals surface area contributed by atoms with E-state index in [0.717, 1.165) is 12.1 Å². The average molecular weight is 453 g/mol. The fourth-order valence-electron chi connectivity index (χ4n) is 2.92. The van der Waals surface area contributed by atoms with E-state index in [-0.39, 0.29) is 29.5 Å². The van der Waals surface area contributed by atoms with Gasteiger partial charge in [-0.2, -0.15) is 13.2 Å². The third-order valence-corrected chi connectivity index (χ3v) is 4.49. The molecule has 0 bridgehead atoms. The van der Waals surface area contributed by atoms with Crippen molar-refractivity contribution in [2.45, 2.75) is 32.9 Å². The van der Waals surface area contributed by atoms with Gasteiger partial charge in [0.15, 0.2) is 11.7 Å². The topological polar surface area (TPSA) is 75.7 Å². The largest absolute Gasteiger partial charge is 0.495 e. The van der Waals surface area contributed by atoms with Gasteiger partial charge in [-0.15, -0.1) is 0 Å². The van der Waals surface area contributed by atoms with Crippen molar-refractivity contribution in [2.24, 2.45) is 0 Å². The lowest BCUT2D eigenvalue weighted by molar-refractivity contribution is -0.157. The van der Waals surface area contributed by atoms with Gasteiger partial charge in [-0.3, -0.25) is 4.79 Å². The Balaban J connectivity index is 2.77. The molecule has 1 heterocycles. The van der Waals surface area contributed by atoms with Gasteiger partial charge in [0.25, 0.3) is 0 Å². The Bertz CT molecular complexity index is 957. The number of ether oxygens (including phenoxy) is 3. The Hall–Kier alpha value is -2.30. The molecule has 30 heavy (non-hydrogen) atoms. The number of pyridine rings is 1. The van der Waals surface area contributed by atoms with E-state index in [1.807, 2.05) is 0 Å². The summed E-state index contributed by atoms with van der Waals surface area (Å²) < 4.78 is 71.6. The summed E-state index contributed by atoms with van der Waals surface area (Å²) in [5.74, 6) is -1.51. The van der Waals surface area contributed by atoms with Crippen molar-refractivity contribution in [3.05, 3.63) is 45.0 Å². The predicted octanol–water partition coefficient (Wildman–Crippen LogP) is 4.32. The Labute approximate surface area is 175 Å². The number of nitrogens with two attached hydrogens (primary N) is 1. The molecule has 0 amide bonds. The molecule has 2 N–H and O–H groups in total. The molecule has 0 saturated heterocycles. The molecule has 2 rings (SSSR count). The van der Waals surface area contributed by atoms with E-state index in [0.29, 0.717) is 10.6 Å². The highest BCUT2D eigenvalue weighted by Crippen LogP contribution is 2.37. The number of nitrogen functional groups attached to an aromatic ring is 1. The van der Waals surface area contributed by atoms with Gasteiger partial charge in [-0.1, -0.05) is 11.6 Å². The van der Waals surface area contributed by atoms with Gasteiger partial charge in [0, 0.05) is 24.8 Å². The van der Waals surface area contributed by atoms with Crippen LogP contribution in [-0.2, 0) is 22.2 Å². The molecular formula is C19H21ClF4N2O4. The first-order chi connectivity index (χ1) is 14.0. The molecule has 11 heteroatoms. The SMILES string of the molecule is CCOC(Cn1c(C(F)(F)F)cc(=O)c(-c2cc(OC)c(Cl)cc2F)c1N)OCC. The first-order valence-corrected chi connectivity index (χ1v) is 9.29. The van der Waals surface area contributed by atoms with Crippen molar-refractivity contribution < 1.29 is 31.8 Å². The predicted molar refractivity (Wildman–Crippen MR) is 104 cm³/mol. The van der Waals surface area contributed by atoms with E-state index in [1.165, 1.54) is 7.11 Å². The maximum Gasteiger partial charge on any atom is 0.431 e. The lowest BCUT2D eigenvalue weighted by Crippen LogP contribution is -2.31. The van der Waals surface area contributed by atoms with E-state index < -0.39 is 47.3 Å². The lowest BCUT2D eigenvalue weighted by Gasteiger charge is -2.25. The number of nitrogens with zero attached hydrogens (tertiary/aromatic N) is 1. The van der Waals surface area contributed by atoms with Crippen LogP contribution < -0.4 is 15.9 Å². The monoisotopic (exact) mass is 452 g/mol. The number of hydrogen-bond donors (Lipinski definition) is 1. The zero-order chi connectivity index (χ0) is 22.6. The van der Waals surface area contributed by atoms with Crippen molar-refractivity contribution in [3.8, 4) is 16.9 Å². The molecule has 0 atom stereocenters. The second kappa shape index (κ2) is 9.67. The van der Waals surface area contributed by atoms with Crippen molar-refractivity contribution >= 4 is 17.4 Å². The van der Waals surface area contributed by atoms with Crippen molar-refractivity contribution in [1.82, 2.24) is 4.57 Å². The zero-order valence-electron chi connectivity index (χ0n) is 16.5. The Morgan fingerprint density at radius 2 is 1.77 bits per heavy atom. The number of aromatic nitrogens is 1. The van der Waals surface area contributed by atoms with Gasteiger partial charge in [0.05, 0.1) is 24.2 Å². The summed E-state index contributed by atoms with van der Waals surface area (Å²) in [5.41, 5.74) is 2.75. The van der Waals surface area contributed by atoms with Crippen LogP contribution in [0.15, 0.2) is 23.0 Å². The Morgan fingerprint density at radius 3 is 2.27 bits per heavy atom. The molecule has 6 nitrogen and oxygen atoms in total. The molecule has 0 radical (unpaired) electrons. The molecule has 1 aromatic heterocycles. The highest BCUT2D eigenvalue weighted by atomic mass is 35.5. The molecule has 0 aliphatic rings. The molecule has 0 aliphatic carbocycles. The van der Waals surface area contributed by atoms with Crippen LogP contribution in [0.1, 0.15) is 19.5 Å². The minimum atomic E-state index is -4.90. The number of hydrogen-bond acceptors (Lipinski definition) is 5. The standard InChI is InChI=1S/C19H21ClF4N2O4/c1-4-29-16(30-5-2)9-26-15(19(22,23)24)8-13(27)17(18(26)25)10-6-14(28-3)11(20)7-12(10)21/h6-8,16H,4-5,9,25H2,1-3H3. The fourth-order valence-corrected chi connectivity index (χ4v) is 3.15. The van der Waals surface area contributed by atoms with Crippen LogP contribution in [0, 0.1) is 5.82 Å². The van der Waals surface area contributed by atoms with Gasteiger partial charge in [-0.05, 0) is 26.0 Å². The summed E-state index contributed by atoms with van der Waals surface area (Å²) in [5, 5.41) is -0.0719. The summed E-state index contributed by atoms with van der Waals surface area (Å²) in [6.07, 6.45) is -5.96. The number of rotatable bonds is 8. The number of halogens is 5. The van der Waals surface area contributed by atoms with Gasteiger partial charge in [0.1, 0.15) is 23.1 Å². The minimum absolute atomic E-state index is 0.0276. The molecule has 0 spiro atoms. The van der Waals surface area contributed by atoms with Crippen molar-refractivity contribution in [1.29, 1.82) is 0 Å². The van der Waals surface area contributed by atoms with E-state index >= 15 is 0 Å². The molecule has 2 aromatic rings. The maximum absolute atomic E-state index is 14.6. The van der Waals surface area contributed by atoms with Gasteiger partial charge >= 0.3 is 6.18 Å². The van der Waals surface area contributed by atoms with E-state index in [2.05, 4.69) is 0 Å². The van der Waals surface area contributed by atoms with E-state index in [4.69, 9.17) is 31.5 Å². The Kier molecular flexibility index (Phi) is 7.73. The van der Waals surface area contributed by atoms with Crippen LogP contribution in [0.5, 0.6) is 5.75 Å². The van der Waals surface area contributed by atoms with Crippen LogP contribution in [0.25, 0.3) is 11.1 Å². The zero-order valence-corrected chi connectivity index (χ0v) is 17.2. The van der Waals surface area contributed by atoms with E-state index in [1.54, 1.807) is 13.8 Å². The highest BCUT2D eigenvalue weighted by Gasteiger charge is 2.37. The van der Waals surface area contributed by atoms with Crippen LogP contribution in [-0.4, -0.2) is 31.2 Å². The van der Waals surface area contributed by atoms with Crippen LogP contribution in [0.4, 0.5) is 23.4 Å². The minimum Gasteiger partial charge on any atom is -0.495 e. The Morgan fingerprint density at radius 1 is 1.17 bits per heavy atom. The van der Waals surface area contributed by atoms with Crippen LogP contribution in [0.3, 0.4) is 0 Å². The quantitative estimate of drug-likeness (QED) is 0.477. The number of benzene rings is 1. The summed E-state index contributed by atoms with van der Waals surface area (Å²) in [7, 11) is 1.27. The second-order valence-corrected chi connectivity index (χ2v) is 6.48. The van der Waals surface area contributed by atoms with E-state index in [9.17, 15) is 22.4 Å². The lowest BCUT2D eigenvalue weighted by atomic mass is 10.0. The highest BCUT2D eigenvalue weighted by molar-refractivity contribution is 6.32. The maximum atomic E-state index is 14.6. The summed E-state index contributed by atoms with van der Waals surface area (Å²) in [6.45, 7) is 3.16. The third kappa shape index (κ3) is 5.05. The number of methoxy groups -OCH3 is 1. The van der Waals surface area contributed by atoms with Crippen LogP contribution >= 0.6 is 11.6 Å². The summed E-state index contributed by atoms with van der Waals surface area (Å²) in [6, 6.07) is 2.35. The smallest absolute Gasteiger partial charge is 0.431 e. The van der Waals surface area contributed by atoms with Gasteiger partial charge < -0.3 is 24.5 Å². The average Bonchev–Trinajstić information content (AvgIpc) is 2.65. The van der Waals surface area contributed by atoms with Crippen molar-refractivity contribution in [3.63, 3.8) is 0 Å². The van der Waals surface area contributed by atoms with Crippen molar-refractivity contribution in [2.75, 3.05) is 26.1 Å². The van der Waals surface area contributed by atoms with Gasteiger partial charge in [-0.25, -0.2) is 4.39 Å². The van der Waals surface area contributed by atoms with Gasteiger partial charge in [0.2, 0.25) is 0 Å². The molecule has 0 fully saturated rings. The molecule has 0 aliphatic heterocycles. The molecule has 166 valence electrons. The summed E-state index contributed by atoms with van der Waals surface area (Å²) in [4.78, 5) is 12.5.